The molecule has 1 amide bonds. The third-order valence-electron chi connectivity index (χ3n) is 3.17. The molecule has 0 spiro atoms. The van der Waals surface area contributed by atoms with Gasteiger partial charge in [-0.15, -0.1) is 0 Å². The lowest BCUT2D eigenvalue weighted by atomic mass is 10.3. The van der Waals surface area contributed by atoms with E-state index in [9.17, 15) is 14.9 Å². The maximum Gasteiger partial charge on any atom is 0.312 e. The standard InChI is InChI=1S/C12H21N5O3/c1-8(13-4)7-14-11(18)5-6-16-10(3)12(17(19)20)9(2)15-16/h8,13H,5-7H2,1-4H3,(H,14,18). The van der Waals surface area contributed by atoms with E-state index in [4.69, 9.17) is 0 Å². The molecular formula is C12H21N5O3. The molecule has 0 bridgehead atoms. The molecule has 8 nitrogen and oxygen atoms in total. The van der Waals surface area contributed by atoms with Crippen LogP contribution in [0.25, 0.3) is 0 Å². The second-order valence-corrected chi connectivity index (χ2v) is 4.74. The Labute approximate surface area is 117 Å². The van der Waals surface area contributed by atoms with E-state index in [0.29, 0.717) is 24.5 Å². The van der Waals surface area contributed by atoms with Gasteiger partial charge in [-0.25, -0.2) is 0 Å². The van der Waals surface area contributed by atoms with Crippen LogP contribution in [0.15, 0.2) is 0 Å². The molecule has 1 rings (SSSR count). The van der Waals surface area contributed by atoms with Crippen molar-refractivity contribution in [2.45, 2.75) is 39.8 Å². The van der Waals surface area contributed by atoms with E-state index in [2.05, 4.69) is 15.7 Å². The summed E-state index contributed by atoms with van der Waals surface area (Å²) in [7, 11) is 1.83. The number of nitrogens with one attached hydrogen (secondary N) is 2. The first-order valence-electron chi connectivity index (χ1n) is 6.49. The molecule has 20 heavy (non-hydrogen) atoms. The van der Waals surface area contributed by atoms with Crippen LogP contribution >= 0.6 is 0 Å². The molecule has 1 unspecified atom stereocenters. The van der Waals surface area contributed by atoms with Gasteiger partial charge in [-0.2, -0.15) is 5.10 Å². The summed E-state index contributed by atoms with van der Waals surface area (Å²) in [5.41, 5.74) is 0.870. The van der Waals surface area contributed by atoms with Gasteiger partial charge in [0.05, 0.1) is 11.5 Å². The molecule has 0 aliphatic heterocycles. The van der Waals surface area contributed by atoms with Crippen LogP contribution in [-0.2, 0) is 11.3 Å². The van der Waals surface area contributed by atoms with Crippen molar-refractivity contribution in [2.75, 3.05) is 13.6 Å². The fourth-order valence-electron chi connectivity index (χ4n) is 1.83. The van der Waals surface area contributed by atoms with E-state index < -0.39 is 4.92 Å². The lowest BCUT2D eigenvalue weighted by Gasteiger charge is -2.11. The molecule has 112 valence electrons. The Bertz CT molecular complexity index is 498. The van der Waals surface area contributed by atoms with Gasteiger partial charge in [-0.1, -0.05) is 0 Å². The Kier molecular flexibility index (Phi) is 5.63. The summed E-state index contributed by atoms with van der Waals surface area (Å²) in [5, 5.41) is 20.8. The zero-order valence-corrected chi connectivity index (χ0v) is 12.3. The number of nitro groups is 1. The van der Waals surface area contributed by atoms with E-state index in [1.807, 2.05) is 14.0 Å². The van der Waals surface area contributed by atoms with Crippen LogP contribution in [0.5, 0.6) is 0 Å². The van der Waals surface area contributed by atoms with Crippen LogP contribution in [0, 0.1) is 24.0 Å². The number of aryl methyl sites for hydroxylation is 2. The number of hydrogen-bond donors (Lipinski definition) is 2. The number of hydrogen-bond acceptors (Lipinski definition) is 5. The van der Waals surface area contributed by atoms with Crippen LogP contribution in [0.3, 0.4) is 0 Å². The van der Waals surface area contributed by atoms with E-state index in [1.165, 1.54) is 4.68 Å². The van der Waals surface area contributed by atoms with E-state index >= 15 is 0 Å². The largest absolute Gasteiger partial charge is 0.354 e. The fraction of sp³-hybridized carbons (Fsp3) is 0.667. The number of carbonyl (C=O) groups excluding carboxylic acids is 1. The summed E-state index contributed by atoms with van der Waals surface area (Å²) in [6.45, 7) is 6.08. The van der Waals surface area contributed by atoms with Crippen LogP contribution in [0.2, 0.25) is 0 Å². The molecular weight excluding hydrogens is 262 g/mol. The van der Waals surface area contributed by atoms with Crippen molar-refractivity contribution in [2.24, 2.45) is 0 Å². The summed E-state index contributed by atoms with van der Waals surface area (Å²) >= 11 is 0. The quantitative estimate of drug-likeness (QED) is 0.561. The van der Waals surface area contributed by atoms with Crippen molar-refractivity contribution < 1.29 is 9.72 Å². The van der Waals surface area contributed by atoms with E-state index in [0.717, 1.165) is 0 Å². The van der Waals surface area contributed by atoms with Crippen LogP contribution in [0.1, 0.15) is 24.7 Å². The van der Waals surface area contributed by atoms with Crippen LogP contribution in [0.4, 0.5) is 5.69 Å². The van der Waals surface area contributed by atoms with Gasteiger partial charge in [0.2, 0.25) is 5.91 Å². The number of amides is 1. The lowest BCUT2D eigenvalue weighted by Crippen LogP contribution is -2.37. The molecule has 1 heterocycles. The van der Waals surface area contributed by atoms with Gasteiger partial charge in [0.1, 0.15) is 11.4 Å². The van der Waals surface area contributed by atoms with Gasteiger partial charge >= 0.3 is 5.69 Å². The molecule has 0 saturated heterocycles. The molecule has 1 aromatic heterocycles. The SMILES string of the molecule is CNC(C)CNC(=O)CCn1nc(C)c([N+](=O)[O-])c1C. The Morgan fingerprint density at radius 1 is 1.50 bits per heavy atom. The molecule has 0 saturated carbocycles. The van der Waals surface area contributed by atoms with Gasteiger partial charge < -0.3 is 10.6 Å². The number of nitrogens with zero attached hydrogens (tertiary/aromatic N) is 3. The number of carbonyl (C=O) groups is 1. The van der Waals surface area contributed by atoms with Crippen molar-refractivity contribution in [3.05, 3.63) is 21.5 Å². The number of rotatable bonds is 7. The topological polar surface area (TPSA) is 102 Å². The molecule has 0 radical (unpaired) electrons. The molecule has 1 atom stereocenters. The summed E-state index contributed by atoms with van der Waals surface area (Å²) in [6.07, 6.45) is 0.246. The van der Waals surface area contributed by atoms with Crippen LogP contribution in [-0.4, -0.2) is 40.2 Å². The first kappa shape index (κ1) is 16.1. The lowest BCUT2D eigenvalue weighted by molar-refractivity contribution is -0.386. The molecule has 8 heteroatoms. The van der Waals surface area contributed by atoms with Gasteiger partial charge in [0.25, 0.3) is 0 Å². The van der Waals surface area contributed by atoms with Crippen molar-refractivity contribution in [3.63, 3.8) is 0 Å². The molecule has 0 aromatic carbocycles. The molecule has 0 aliphatic carbocycles. The minimum Gasteiger partial charge on any atom is -0.354 e. The molecule has 2 N–H and O–H groups in total. The van der Waals surface area contributed by atoms with Gasteiger partial charge in [0, 0.05) is 19.0 Å². The summed E-state index contributed by atoms with van der Waals surface area (Å²) in [5.74, 6) is -0.0951. The monoisotopic (exact) mass is 283 g/mol. The first-order chi connectivity index (χ1) is 9.36. The zero-order valence-electron chi connectivity index (χ0n) is 12.3. The smallest absolute Gasteiger partial charge is 0.312 e. The predicted molar refractivity (Wildman–Crippen MR) is 74.5 cm³/mol. The fourth-order valence-corrected chi connectivity index (χ4v) is 1.83. The van der Waals surface area contributed by atoms with Crippen molar-refractivity contribution >= 4 is 11.6 Å². The average Bonchev–Trinajstić information content (AvgIpc) is 2.68. The normalized spacial score (nSPS) is 12.2. The highest BCUT2D eigenvalue weighted by molar-refractivity contribution is 5.75. The Morgan fingerprint density at radius 2 is 2.15 bits per heavy atom. The summed E-state index contributed by atoms with van der Waals surface area (Å²) in [6, 6.07) is 0.203. The first-order valence-corrected chi connectivity index (χ1v) is 6.49. The van der Waals surface area contributed by atoms with E-state index in [1.54, 1.807) is 13.8 Å². The number of aromatic nitrogens is 2. The molecule has 0 aliphatic rings. The zero-order chi connectivity index (χ0) is 15.3. The highest BCUT2D eigenvalue weighted by Gasteiger charge is 2.21. The highest BCUT2D eigenvalue weighted by atomic mass is 16.6. The minimum absolute atomic E-state index is 0.0224. The Morgan fingerprint density at radius 3 is 2.65 bits per heavy atom. The average molecular weight is 283 g/mol. The van der Waals surface area contributed by atoms with Gasteiger partial charge in [-0.3, -0.25) is 19.6 Å². The summed E-state index contributed by atoms with van der Waals surface area (Å²) < 4.78 is 1.51. The highest BCUT2D eigenvalue weighted by Crippen LogP contribution is 2.21. The van der Waals surface area contributed by atoms with Gasteiger partial charge in [-0.05, 0) is 27.8 Å². The van der Waals surface area contributed by atoms with E-state index in [-0.39, 0.29) is 24.1 Å². The minimum atomic E-state index is -0.442. The maximum atomic E-state index is 11.7. The second kappa shape index (κ2) is 6.99. The maximum absolute atomic E-state index is 11.7. The Balaban J connectivity index is 2.56. The van der Waals surface area contributed by atoms with Gasteiger partial charge in [0.15, 0.2) is 0 Å². The third kappa shape index (κ3) is 4.02. The summed E-state index contributed by atoms with van der Waals surface area (Å²) in [4.78, 5) is 22.1. The predicted octanol–water partition coefficient (Wildman–Crippen LogP) is 0.522. The van der Waals surface area contributed by atoms with Crippen LogP contribution < -0.4 is 10.6 Å². The second-order valence-electron chi connectivity index (χ2n) is 4.74. The number of likely N-dealkylation sites (N-methyl/N-ethyl adjacent to an activating group) is 1. The third-order valence-corrected chi connectivity index (χ3v) is 3.17. The molecule has 0 fully saturated rings. The van der Waals surface area contributed by atoms with Crippen molar-refractivity contribution in [1.29, 1.82) is 0 Å². The Hall–Kier alpha value is -1.96. The van der Waals surface area contributed by atoms with Crippen molar-refractivity contribution in [3.8, 4) is 0 Å². The molecule has 1 aromatic rings. The van der Waals surface area contributed by atoms with Crippen molar-refractivity contribution in [1.82, 2.24) is 20.4 Å².